The van der Waals surface area contributed by atoms with Crippen molar-refractivity contribution in [2.75, 3.05) is 0 Å². The second kappa shape index (κ2) is 6.46. The van der Waals surface area contributed by atoms with Gasteiger partial charge in [-0.25, -0.2) is 0 Å². The van der Waals surface area contributed by atoms with E-state index in [1.54, 1.807) is 5.57 Å². The third kappa shape index (κ3) is 3.55. The van der Waals surface area contributed by atoms with Gasteiger partial charge in [0.05, 0.1) is 6.42 Å². The molecule has 0 saturated heterocycles. The van der Waals surface area contributed by atoms with Gasteiger partial charge in [0.1, 0.15) is 5.75 Å². The van der Waals surface area contributed by atoms with Crippen molar-refractivity contribution in [1.29, 1.82) is 0 Å². The highest BCUT2D eigenvalue weighted by atomic mass is 16.5. The van der Waals surface area contributed by atoms with Crippen LogP contribution in [0.3, 0.4) is 0 Å². The monoisotopic (exact) mass is 284 g/mol. The maximum Gasteiger partial charge on any atom is 0.311 e. The van der Waals surface area contributed by atoms with Gasteiger partial charge in [-0.05, 0) is 55.6 Å². The number of para-hydroxylation sites is 1. The molecule has 0 amide bonds. The zero-order chi connectivity index (χ0) is 14.7. The fourth-order valence-corrected chi connectivity index (χ4v) is 3.82. The van der Waals surface area contributed by atoms with Gasteiger partial charge in [-0.2, -0.15) is 0 Å². The van der Waals surface area contributed by atoms with Crippen molar-refractivity contribution in [1.82, 2.24) is 0 Å². The third-order valence-electron chi connectivity index (χ3n) is 4.88. The SMILES string of the molecule is CC1C=C2C(CC(=O)Oc3ccccc3)CCC[C@@H]2CC1. The second-order valence-corrected chi connectivity index (χ2v) is 6.54. The van der Waals surface area contributed by atoms with Crippen LogP contribution in [0.2, 0.25) is 0 Å². The number of allylic oxidation sites excluding steroid dienone is 2. The molecule has 0 bridgehead atoms. The highest BCUT2D eigenvalue weighted by Crippen LogP contribution is 2.43. The van der Waals surface area contributed by atoms with E-state index in [1.807, 2.05) is 30.3 Å². The van der Waals surface area contributed by atoms with Crippen molar-refractivity contribution in [3.8, 4) is 5.75 Å². The molecule has 21 heavy (non-hydrogen) atoms. The molecule has 1 saturated carbocycles. The molecular weight excluding hydrogens is 260 g/mol. The van der Waals surface area contributed by atoms with Gasteiger partial charge in [0.25, 0.3) is 0 Å². The number of carbonyl (C=O) groups is 1. The zero-order valence-corrected chi connectivity index (χ0v) is 12.8. The predicted octanol–water partition coefficient (Wildman–Crippen LogP) is 4.75. The number of carbonyl (C=O) groups excluding carboxylic acids is 1. The number of hydrogen-bond donors (Lipinski definition) is 0. The van der Waals surface area contributed by atoms with Crippen LogP contribution in [-0.2, 0) is 4.79 Å². The third-order valence-corrected chi connectivity index (χ3v) is 4.88. The molecule has 0 aromatic heterocycles. The minimum absolute atomic E-state index is 0.0917. The Labute approximate surface area is 127 Å². The van der Waals surface area contributed by atoms with Crippen molar-refractivity contribution < 1.29 is 9.53 Å². The van der Waals surface area contributed by atoms with E-state index in [2.05, 4.69) is 13.0 Å². The van der Waals surface area contributed by atoms with Gasteiger partial charge in [0, 0.05) is 0 Å². The van der Waals surface area contributed by atoms with Crippen molar-refractivity contribution in [3.05, 3.63) is 42.0 Å². The molecule has 3 rings (SSSR count). The Bertz CT molecular complexity index is 518. The molecule has 0 heterocycles. The maximum atomic E-state index is 12.2. The first-order valence-corrected chi connectivity index (χ1v) is 8.19. The van der Waals surface area contributed by atoms with Gasteiger partial charge in [-0.1, -0.05) is 43.2 Å². The number of fused-ring (bicyclic) bond motifs is 1. The van der Waals surface area contributed by atoms with Crippen LogP contribution in [0.5, 0.6) is 5.75 Å². The van der Waals surface area contributed by atoms with E-state index in [0.29, 0.717) is 24.0 Å². The van der Waals surface area contributed by atoms with Crippen molar-refractivity contribution in [3.63, 3.8) is 0 Å². The summed E-state index contributed by atoms with van der Waals surface area (Å²) in [7, 11) is 0. The van der Waals surface area contributed by atoms with Crippen molar-refractivity contribution in [2.45, 2.75) is 45.4 Å². The van der Waals surface area contributed by atoms with E-state index >= 15 is 0 Å². The molecule has 2 unspecified atom stereocenters. The second-order valence-electron chi connectivity index (χ2n) is 6.54. The standard InChI is InChI=1S/C19H24O2/c1-14-10-11-15-6-5-7-16(18(15)12-14)13-19(20)21-17-8-3-2-4-9-17/h2-4,8-9,12,14-16H,5-7,10-11,13H2,1H3/t14?,15-,16?/m1/s1. The van der Waals surface area contributed by atoms with Gasteiger partial charge in [0.15, 0.2) is 0 Å². The quantitative estimate of drug-likeness (QED) is 0.454. The summed E-state index contributed by atoms with van der Waals surface area (Å²) in [6, 6.07) is 9.39. The lowest BCUT2D eigenvalue weighted by molar-refractivity contribution is -0.135. The van der Waals surface area contributed by atoms with Gasteiger partial charge < -0.3 is 4.74 Å². The minimum atomic E-state index is -0.0917. The topological polar surface area (TPSA) is 26.3 Å². The van der Waals surface area contributed by atoms with Gasteiger partial charge in [-0.3, -0.25) is 4.79 Å². The lowest BCUT2D eigenvalue weighted by Gasteiger charge is -2.36. The normalized spacial score (nSPS) is 28.4. The smallest absolute Gasteiger partial charge is 0.311 e. The molecule has 2 aliphatic carbocycles. The molecule has 2 aliphatic rings. The molecule has 1 fully saturated rings. The van der Waals surface area contributed by atoms with E-state index in [9.17, 15) is 4.79 Å². The Morgan fingerprint density at radius 2 is 1.95 bits per heavy atom. The fraction of sp³-hybridized carbons (Fsp3) is 0.526. The van der Waals surface area contributed by atoms with Crippen LogP contribution in [0.25, 0.3) is 0 Å². The maximum absolute atomic E-state index is 12.2. The van der Waals surface area contributed by atoms with Crippen LogP contribution in [0.4, 0.5) is 0 Å². The fourth-order valence-electron chi connectivity index (χ4n) is 3.82. The first-order valence-electron chi connectivity index (χ1n) is 8.19. The first kappa shape index (κ1) is 14.4. The van der Waals surface area contributed by atoms with Crippen LogP contribution in [0.15, 0.2) is 42.0 Å². The van der Waals surface area contributed by atoms with Crippen molar-refractivity contribution >= 4 is 5.97 Å². The summed E-state index contributed by atoms with van der Waals surface area (Å²) >= 11 is 0. The summed E-state index contributed by atoms with van der Waals surface area (Å²) in [4.78, 5) is 12.2. The van der Waals surface area contributed by atoms with E-state index in [1.165, 1.54) is 25.7 Å². The van der Waals surface area contributed by atoms with Crippen molar-refractivity contribution in [2.24, 2.45) is 17.8 Å². The lowest BCUT2D eigenvalue weighted by Crippen LogP contribution is -2.26. The molecule has 0 N–H and O–H groups in total. The highest BCUT2D eigenvalue weighted by molar-refractivity contribution is 5.73. The number of ether oxygens (including phenoxy) is 1. The molecular formula is C19H24O2. The van der Waals surface area contributed by atoms with Gasteiger partial charge >= 0.3 is 5.97 Å². The lowest BCUT2D eigenvalue weighted by atomic mass is 9.69. The number of hydrogen-bond acceptors (Lipinski definition) is 2. The molecule has 0 spiro atoms. The summed E-state index contributed by atoms with van der Waals surface area (Å²) < 4.78 is 5.46. The minimum Gasteiger partial charge on any atom is -0.427 e. The molecule has 2 heteroatoms. The van der Waals surface area contributed by atoms with E-state index in [-0.39, 0.29) is 5.97 Å². The Hall–Kier alpha value is -1.57. The number of rotatable bonds is 3. The van der Waals surface area contributed by atoms with Crippen LogP contribution < -0.4 is 4.74 Å². The average Bonchev–Trinajstić information content (AvgIpc) is 2.49. The number of benzene rings is 1. The van der Waals surface area contributed by atoms with E-state index in [0.717, 1.165) is 12.3 Å². The average molecular weight is 284 g/mol. The first-order chi connectivity index (χ1) is 10.2. The van der Waals surface area contributed by atoms with E-state index in [4.69, 9.17) is 4.74 Å². The van der Waals surface area contributed by atoms with Gasteiger partial charge in [0.2, 0.25) is 0 Å². The van der Waals surface area contributed by atoms with Crippen LogP contribution in [0, 0.1) is 17.8 Å². The highest BCUT2D eigenvalue weighted by Gasteiger charge is 2.31. The largest absolute Gasteiger partial charge is 0.427 e. The van der Waals surface area contributed by atoms with Crippen LogP contribution in [-0.4, -0.2) is 5.97 Å². The summed E-state index contributed by atoms with van der Waals surface area (Å²) in [5, 5.41) is 0. The van der Waals surface area contributed by atoms with E-state index < -0.39 is 0 Å². The summed E-state index contributed by atoms with van der Waals surface area (Å²) in [6.07, 6.45) is 9.27. The number of esters is 1. The summed E-state index contributed by atoms with van der Waals surface area (Å²) in [6.45, 7) is 2.29. The molecule has 0 aliphatic heterocycles. The van der Waals surface area contributed by atoms with Crippen LogP contribution >= 0.6 is 0 Å². The Morgan fingerprint density at radius 3 is 2.76 bits per heavy atom. The molecule has 112 valence electrons. The summed E-state index contributed by atoms with van der Waals surface area (Å²) in [5.74, 6) is 2.36. The molecule has 2 nitrogen and oxygen atoms in total. The Balaban J connectivity index is 1.64. The predicted molar refractivity (Wildman–Crippen MR) is 84.0 cm³/mol. The van der Waals surface area contributed by atoms with Crippen LogP contribution in [0.1, 0.15) is 45.4 Å². The molecule has 0 radical (unpaired) electrons. The van der Waals surface area contributed by atoms with Gasteiger partial charge in [-0.15, -0.1) is 0 Å². The molecule has 1 aromatic rings. The molecule has 3 atom stereocenters. The molecule has 1 aromatic carbocycles. The Kier molecular flexibility index (Phi) is 4.42. The Morgan fingerprint density at radius 1 is 1.14 bits per heavy atom. The zero-order valence-electron chi connectivity index (χ0n) is 12.8. The summed E-state index contributed by atoms with van der Waals surface area (Å²) in [5.41, 5.74) is 1.55.